The first-order chi connectivity index (χ1) is 8.63. The highest BCUT2D eigenvalue weighted by Gasteiger charge is 2.11. The summed E-state index contributed by atoms with van der Waals surface area (Å²) in [6.07, 6.45) is 0. The van der Waals surface area contributed by atoms with Crippen LogP contribution in [0.5, 0.6) is 0 Å². The van der Waals surface area contributed by atoms with Gasteiger partial charge in [-0.25, -0.2) is 4.39 Å². The quantitative estimate of drug-likeness (QED) is 0.800. The van der Waals surface area contributed by atoms with Gasteiger partial charge in [0.15, 0.2) is 0 Å². The van der Waals surface area contributed by atoms with Gasteiger partial charge in [-0.05, 0) is 37.1 Å². The SMILES string of the molecule is COCCNCc1c(C)[nH]c2c(C)cc(F)cc12. The maximum atomic E-state index is 13.5. The molecule has 4 heteroatoms. The van der Waals surface area contributed by atoms with Gasteiger partial charge in [-0.2, -0.15) is 0 Å². The van der Waals surface area contributed by atoms with Crippen molar-refractivity contribution in [2.45, 2.75) is 20.4 Å². The number of aromatic nitrogens is 1. The van der Waals surface area contributed by atoms with Crippen LogP contribution in [0.2, 0.25) is 0 Å². The standard InChI is InChI=1S/C14H19FN2O/c1-9-6-11(15)7-12-13(8-16-4-5-18-3)10(2)17-14(9)12/h6-7,16-17H,4-5,8H2,1-3H3. The molecule has 1 heterocycles. The summed E-state index contributed by atoms with van der Waals surface area (Å²) in [7, 11) is 1.68. The molecule has 18 heavy (non-hydrogen) atoms. The van der Waals surface area contributed by atoms with Crippen molar-refractivity contribution in [2.24, 2.45) is 0 Å². The molecule has 0 spiro atoms. The number of hydrogen-bond acceptors (Lipinski definition) is 2. The number of aryl methyl sites for hydroxylation is 2. The Balaban J connectivity index is 2.29. The fourth-order valence-corrected chi connectivity index (χ4v) is 2.23. The van der Waals surface area contributed by atoms with Crippen molar-refractivity contribution in [3.05, 3.63) is 34.8 Å². The Labute approximate surface area is 106 Å². The molecule has 0 atom stereocenters. The molecule has 0 aliphatic rings. The van der Waals surface area contributed by atoms with E-state index >= 15 is 0 Å². The van der Waals surface area contributed by atoms with E-state index in [4.69, 9.17) is 4.74 Å². The summed E-state index contributed by atoms with van der Waals surface area (Å²) >= 11 is 0. The van der Waals surface area contributed by atoms with Gasteiger partial charge in [-0.3, -0.25) is 0 Å². The third kappa shape index (κ3) is 2.54. The number of methoxy groups -OCH3 is 1. The van der Waals surface area contributed by atoms with E-state index in [1.165, 1.54) is 0 Å². The van der Waals surface area contributed by atoms with Crippen LogP contribution in [-0.4, -0.2) is 25.2 Å². The van der Waals surface area contributed by atoms with Crippen LogP contribution in [0.25, 0.3) is 10.9 Å². The van der Waals surface area contributed by atoms with Gasteiger partial charge in [0.05, 0.1) is 6.61 Å². The monoisotopic (exact) mass is 250 g/mol. The Bertz CT molecular complexity index is 548. The van der Waals surface area contributed by atoms with E-state index in [0.29, 0.717) is 6.61 Å². The molecule has 3 nitrogen and oxygen atoms in total. The highest BCUT2D eigenvalue weighted by atomic mass is 19.1. The Kier molecular flexibility index (Phi) is 3.99. The molecule has 2 rings (SSSR count). The van der Waals surface area contributed by atoms with Gasteiger partial charge in [0.2, 0.25) is 0 Å². The summed E-state index contributed by atoms with van der Waals surface area (Å²) in [6, 6.07) is 3.15. The van der Waals surface area contributed by atoms with Crippen molar-refractivity contribution in [3.63, 3.8) is 0 Å². The molecular weight excluding hydrogens is 231 g/mol. The normalized spacial score (nSPS) is 11.3. The molecule has 1 aromatic carbocycles. The molecule has 1 aromatic heterocycles. The number of hydrogen-bond donors (Lipinski definition) is 2. The lowest BCUT2D eigenvalue weighted by molar-refractivity contribution is 0.199. The number of benzene rings is 1. The van der Waals surface area contributed by atoms with Crippen LogP contribution in [0, 0.1) is 19.7 Å². The van der Waals surface area contributed by atoms with E-state index in [2.05, 4.69) is 10.3 Å². The molecule has 2 aromatic rings. The van der Waals surface area contributed by atoms with E-state index in [1.54, 1.807) is 19.2 Å². The first-order valence-corrected chi connectivity index (χ1v) is 6.10. The van der Waals surface area contributed by atoms with Crippen molar-refractivity contribution in [2.75, 3.05) is 20.3 Å². The summed E-state index contributed by atoms with van der Waals surface area (Å²) in [4.78, 5) is 3.33. The Morgan fingerprint density at radius 3 is 2.83 bits per heavy atom. The van der Waals surface area contributed by atoms with Gasteiger partial charge in [0.25, 0.3) is 0 Å². The first-order valence-electron chi connectivity index (χ1n) is 6.10. The van der Waals surface area contributed by atoms with Crippen molar-refractivity contribution in [1.29, 1.82) is 0 Å². The molecule has 0 aliphatic carbocycles. The molecule has 0 unspecified atom stereocenters. The van der Waals surface area contributed by atoms with Crippen LogP contribution in [0.15, 0.2) is 12.1 Å². The number of halogens is 1. The number of ether oxygens (including phenoxy) is 1. The molecule has 0 fully saturated rings. The van der Waals surface area contributed by atoms with Crippen LogP contribution in [0.3, 0.4) is 0 Å². The maximum Gasteiger partial charge on any atom is 0.124 e. The lowest BCUT2D eigenvalue weighted by Gasteiger charge is -2.05. The smallest absolute Gasteiger partial charge is 0.124 e. The van der Waals surface area contributed by atoms with Gasteiger partial charge < -0.3 is 15.0 Å². The van der Waals surface area contributed by atoms with Gasteiger partial charge >= 0.3 is 0 Å². The van der Waals surface area contributed by atoms with Crippen LogP contribution in [-0.2, 0) is 11.3 Å². The van der Waals surface area contributed by atoms with E-state index in [-0.39, 0.29) is 5.82 Å². The number of H-pyrrole nitrogens is 1. The molecular formula is C14H19FN2O. The predicted octanol–water partition coefficient (Wildman–Crippen LogP) is 2.66. The second-order valence-electron chi connectivity index (χ2n) is 4.54. The minimum Gasteiger partial charge on any atom is -0.383 e. The van der Waals surface area contributed by atoms with Gasteiger partial charge in [-0.15, -0.1) is 0 Å². The lowest BCUT2D eigenvalue weighted by Crippen LogP contribution is -2.18. The maximum absolute atomic E-state index is 13.5. The molecule has 0 saturated carbocycles. The molecule has 2 N–H and O–H groups in total. The first kappa shape index (κ1) is 13.1. The van der Waals surface area contributed by atoms with E-state index in [9.17, 15) is 4.39 Å². The Morgan fingerprint density at radius 1 is 1.33 bits per heavy atom. The third-order valence-corrected chi connectivity index (χ3v) is 3.18. The average molecular weight is 250 g/mol. The van der Waals surface area contributed by atoms with Gasteiger partial charge in [0, 0.05) is 36.8 Å². The summed E-state index contributed by atoms with van der Waals surface area (Å²) < 4.78 is 18.5. The number of aromatic amines is 1. The summed E-state index contributed by atoms with van der Waals surface area (Å²) in [6.45, 7) is 6.12. The molecule has 0 amide bonds. The van der Waals surface area contributed by atoms with Crippen LogP contribution in [0.1, 0.15) is 16.8 Å². The predicted molar refractivity (Wildman–Crippen MR) is 71.3 cm³/mol. The van der Waals surface area contributed by atoms with Gasteiger partial charge in [-0.1, -0.05) is 0 Å². The summed E-state index contributed by atoms with van der Waals surface area (Å²) in [5, 5.41) is 4.26. The second kappa shape index (κ2) is 5.50. The van der Waals surface area contributed by atoms with Crippen LogP contribution < -0.4 is 5.32 Å². The average Bonchev–Trinajstić information content (AvgIpc) is 2.62. The zero-order valence-electron chi connectivity index (χ0n) is 11.1. The number of rotatable bonds is 5. The molecule has 0 aliphatic heterocycles. The Hall–Kier alpha value is -1.39. The van der Waals surface area contributed by atoms with E-state index in [0.717, 1.165) is 40.8 Å². The second-order valence-corrected chi connectivity index (χ2v) is 4.54. The van der Waals surface area contributed by atoms with Crippen molar-refractivity contribution in [3.8, 4) is 0 Å². The molecule has 98 valence electrons. The topological polar surface area (TPSA) is 37.0 Å². The highest BCUT2D eigenvalue weighted by molar-refractivity contribution is 5.87. The zero-order chi connectivity index (χ0) is 13.1. The third-order valence-electron chi connectivity index (χ3n) is 3.18. The minimum atomic E-state index is -0.183. The largest absolute Gasteiger partial charge is 0.383 e. The lowest BCUT2D eigenvalue weighted by atomic mass is 10.1. The zero-order valence-corrected chi connectivity index (χ0v) is 11.1. The Morgan fingerprint density at radius 2 is 2.11 bits per heavy atom. The molecule has 0 bridgehead atoms. The van der Waals surface area contributed by atoms with Crippen molar-refractivity contribution < 1.29 is 9.13 Å². The van der Waals surface area contributed by atoms with Gasteiger partial charge in [0.1, 0.15) is 5.82 Å². The van der Waals surface area contributed by atoms with Crippen molar-refractivity contribution in [1.82, 2.24) is 10.3 Å². The summed E-state index contributed by atoms with van der Waals surface area (Å²) in [5.74, 6) is -0.183. The number of fused-ring (bicyclic) bond motifs is 1. The molecule has 0 saturated heterocycles. The van der Waals surface area contributed by atoms with E-state index < -0.39 is 0 Å². The fraction of sp³-hybridized carbons (Fsp3) is 0.429. The minimum absolute atomic E-state index is 0.183. The highest BCUT2D eigenvalue weighted by Crippen LogP contribution is 2.25. The summed E-state index contributed by atoms with van der Waals surface area (Å²) in [5.41, 5.74) is 4.18. The van der Waals surface area contributed by atoms with E-state index in [1.807, 2.05) is 13.8 Å². The van der Waals surface area contributed by atoms with Crippen LogP contribution >= 0.6 is 0 Å². The van der Waals surface area contributed by atoms with Crippen LogP contribution in [0.4, 0.5) is 4.39 Å². The number of nitrogens with one attached hydrogen (secondary N) is 2. The fourth-order valence-electron chi connectivity index (χ4n) is 2.23. The molecule has 0 radical (unpaired) electrons. The van der Waals surface area contributed by atoms with Crippen molar-refractivity contribution >= 4 is 10.9 Å².